The Hall–Kier alpha value is -1.91. The van der Waals surface area contributed by atoms with E-state index in [0.29, 0.717) is 27.2 Å². The molecular formula is C15H14Cl2N2O2. The van der Waals surface area contributed by atoms with Crippen molar-refractivity contribution in [2.75, 3.05) is 11.1 Å². The van der Waals surface area contributed by atoms with Crippen molar-refractivity contribution in [3.8, 4) is 5.75 Å². The number of carbonyl (C=O) groups excluding carboxylic acids is 1. The van der Waals surface area contributed by atoms with Gasteiger partial charge >= 0.3 is 0 Å². The second-order valence-electron chi connectivity index (χ2n) is 4.41. The van der Waals surface area contributed by atoms with Crippen molar-refractivity contribution < 1.29 is 9.53 Å². The van der Waals surface area contributed by atoms with E-state index in [4.69, 9.17) is 33.7 Å². The van der Waals surface area contributed by atoms with Crippen molar-refractivity contribution in [2.45, 2.75) is 13.0 Å². The van der Waals surface area contributed by atoms with Crippen LogP contribution in [-0.2, 0) is 4.79 Å². The Kier molecular flexibility index (Phi) is 4.94. The number of hydrogen-bond donors (Lipinski definition) is 2. The maximum atomic E-state index is 12.1. The summed E-state index contributed by atoms with van der Waals surface area (Å²) in [7, 11) is 0. The highest BCUT2D eigenvalue weighted by Crippen LogP contribution is 2.28. The van der Waals surface area contributed by atoms with Crippen LogP contribution in [0.15, 0.2) is 42.5 Å². The predicted octanol–water partition coefficient (Wildman–Crippen LogP) is 3.98. The minimum atomic E-state index is -0.749. The SMILES string of the molecule is CC(Oc1cc(Cl)ccc1Cl)C(=O)Nc1ccccc1N. The van der Waals surface area contributed by atoms with Gasteiger partial charge in [-0.2, -0.15) is 0 Å². The summed E-state index contributed by atoms with van der Waals surface area (Å²) < 4.78 is 5.53. The minimum Gasteiger partial charge on any atom is -0.479 e. The summed E-state index contributed by atoms with van der Waals surface area (Å²) in [6.45, 7) is 1.62. The Morgan fingerprint density at radius 2 is 1.95 bits per heavy atom. The molecule has 1 amide bonds. The van der Waals surface area contributed by atoms with Crippen LogP contribution in [-0.4, -0.2) is 12.0 Å². The molecule has 0 bridgehead atoms. The molecule has 0 fully saturated rings. The van der Waals surface area contributed by atoms with Crippen molar-refractivity contribution in [3.63, 3.8) is 0 Å². The van der Waals surface area contributed by atoms with E-state index >= 15 is 0 Å². The summed E-state index contributed by atoms with van der Waals surface area (Å²) in [5.41, 5.74) is 6.79. The maximum absolute atomic E-state index is 12.1. The van der Waals surface area contributed by atoms with E-state index in [0.717, 1.165) is 0 Å². The van der Waals surface area contributed by atoms with Crippen LogP contribution >= 0.6 is 23.2 Å². The van der Waals surface area contributed by atoms with E-state index < -0.39 is 6.10 Å². The first-order chi connectivity index (χ1) is 9.97. The summed E-state index contributed by atoms with van der Waals surface area (Å²) in [5.74, 6) is 0.0248. The molecule has 2 aromatic rings. The molecule has 0 aromatic heterocycles. The lowest BCUT2D eigenvalue weighted by Gasteiger charge is -2.16. The Bertz CT molecular complexity index is 662. The van der Waals surface area contributed by atoms with Crippen LogP contribution in [0.25, 0.3) is 0 Å². The number of amides is 1. The van der Waals surface area contributed by atoms with Crippen LogP contribution < -0.4 is 15.8 Å². The molecular weight excluding hydrogens is 311 g/mol. The van der Waals surface area contributed by atoms with E-state index in [1.165, 1.54) is 0 Å². The molecule has 1 atom stereocenters. The molecule has 6 heteroatoms. The molecule has 0 saturated heterocycles. The van der Waals surface area contributed by atoms with Crippen LogP contribution in [0.5, 0.6) is 5.75 Å². The average molecular weight is 325 g/mol. The second-order valence-corrected chi connectivity index (χ2v) is 5.25. The number of benzene rings is 2. The molecule has 0 aliphatic rings. The molecule has 0 aliphatic carbocycles. The van der Waals surface area contributed by atoms with Gasteiger partial charge < -0.3 is 15.8 Å². The molecule has 110 valence electrons. The standard InChI is InChI=1S/C15H14Cl2N2O2/c1-9(21-14-8-10(16)6-7-11(14)17)15(20)19-13-5-3-2-4-12(13)18/h2-9H,18H2,1H3,(H,19,20). The highest BCUT2D eigenvalue weighted by Gasteiger charge is 2.17. The summed E-state index contributed by atoms with van der Waals surface area (Å²) in [4.78, 5) is 12.1. The van der Waals surface area contributed by atoms with Gasteiger partial charge in [0.05, 0.1) is 16.4 Å². The van der Waals surface area contributed by atoms with Crippen molar-refractivity contribution in [1.82, 2.24) is 0 Å². The van der Waals surface area contributed by atoms with Crippen LogP contribution in [0.3, 0.4) is 0 Å². The van der Waals surface area contributed by atoms with E-state index in [-0.39, 0.29) is 5.91 Å². The van der Waals surface area contributed by atoms with Crippen LogP contribution in [0, 0.1) is 0 Å². The van der Waals surface area contributed by atoms with Crippen molar-refractivity contribution in [3.05, 3.63) is 52.5 Å². The summed E-state index contributed by atoms with van der Waals surface area (Å²) in [6, 6.07) is 11.8. The number of nitrogens with two attached hydrogens (primary N) is 1. The first kappa shape index (κ1) is 15.5. The van der Waals surface area contributed by atoms with E-state index in [2.05, 4.69) is 5.32 Å². The Labute approximate surface area is 132 Å². The van der Waals surface area contributed by atoms with Gasteiger partial charge in [0.2, 0.25) is 0 Å². The fourth-order valence-corrected chi connectivity index (χ4v) is 1.98. The fraction of sp³-hybridized carbons (Fsp3) is 0.133. The molecule has 4 nitrogen and oxygen atoms in total. The zero-order valence-electron chi connectivity index (χ0n) is 11.3. The van der Waals surface area contributed by atoms with Gasteiger partial charge in [0.1, 0.15) is 5.75 Å². The predicted molar refractivity (Wildman–Crippen MR) is 86.0 cm³/mol. The van der Waals surface area contributed by atoms with Gasteiger partial charge in [0.15, 0.2) is 6.10 Å². The molecule has 1 unspecified atom stereocenters. The highest BCUT2D eigenvalue weighted by atomic mass is 35.5. The largest absolute Gasteiger partial charge is 0.479 e. The number of nitrogens with one attached hydrogen (secondary N) is 1. The first-order valence-electron chi connectivity index (χ1n) is 6.24. The van der Waals surface area contributed by atoms with E-state index in [9.17, 15) is 4.79 Å². The second kappa shape index (κ2) is 6.70. The summed E-state index contributed by atoms with van der Waals surface area (Å²) in [5, 5.41) is 3.57. The molecule has 0 radical (unpaired) electrons. The number of ether oxygens (including phenoxy) is 1. The normalized spacial score (nSPS) is 11.8. The fourth-order valence-electron chi connectivity index (χ4n) is 1.66. The maximum Gasteiger partial charge on any atom is 0.265 e. The lowest BCUT2D eigenvalue weighted by Crippen LogP contribution is -2.30. The van der Waals surface area contributed by atoms with Crippen molar-refractivity contribution in [1.29, 1.82) is 0 Å². The Balaban J connectivity index is 2.06. The number of halogens is 2. The molecule has 0 heterocycles. The van der Waals surface area contributed by atoms with Gasteiger partial charge in [0, 0.05) is 11.1 Å². The quantitative estimate of drug-likeness (QED) is 0.836. The number of nitrogen functional groups attached to an aromatic ring is 1. The van der Waals surface area contributed by atoms with Crippen molar-refractivity contribution >= 4 is 40.5 Å². The zero-order chi connectivity index (χ0) is 15.4. The van der Waals surface area contributed by atoms with E-state index in [1.807, 2.05) is 0 Å². The van der Waals surface area contributed by atoms with Gasteiger partial charge in [-0.05, 0) is 31.2 Å². The minimum absolute atomic E-state index is 0.330. The van der Waals surface area contributed by atoms with Gasteiger partial charge in [-0.25, -0.2) is 0 Å². The van der Waals surface area contributed by atoms with Crippen molar-refractivity contribution in [2.24, 2.45) is 0 Å². The molecule has 2 rings (SSSR count). The summed E-state index contributed by atoms with van der Waals surface area (Å²) in [6.07, 6.45) is -0.749. The van der Waals surface area contributed by atoms with Gasteiger partial charge in [-0.1, -0.05) is 35.3 Å². The first-order valence-corrected chi connectivity index (χ1v) is 7.00. The lowest BCUT2D eigenvalue weighted by atomic mass is 10.2. The third-order valence-corrected chi connectivity index (χ3v) is 3.33. The molecule has 3 N–H and O–H groups in total. The molecule has 0 saturated carbocycles. The monoisotopic (exact) mass is 324 g/mol. The number of anilines is 2. The molecule has 0 spiro atoms. The molecule has 2 aromatic carbocycles. The van der Waals surface area contributed by atoms with Gasteiger partial charge in [-0.15, -0.1) is 0 Å². The van der Waals surface area contributed by atoms with Gasteiger partial charge in [-0.3, -0.25) is 4.79 Å². The van der Waals surface area contributed by atoms with Gasteiger partial charge in [0.25, 0.3) is 5.91 Å². The molecule has 0 aliphatic heterocycles. The van der Waals surface area contributed by atoms with E-state index in [1.54, 1.807) is 49.4 Å². The number of para-hydroxylation sites is 2. The Morgan fingerprint density at radius 1 is 1.24 bits per heavy atom. The third kappa shape index (κ3) is 4.03. The number of carbonyl (C=O) groups is 1. The topological polar surface area (TPSA) is 64.3 Å². The highest BCUT2D eigenvalue weighted by molar-refractivity contribution is 6.34. The summed E-state index contributed by atoms with van der Waals surface area (Å²) >= 11 is 11.9. The number of rotatable bonds is 4. The lowest BCUT2D eigenvalue weighted by molar-refractivity contribution is -0.122. The smallest absolute Gasteiger partial charge is 0.265 e. The zero-order valence-corrected chi connectivity index (χ0v) is 12.8. The van der Waals surface area contributed by atoms with Crippen LogP contribution in [0.1, 0.15) is 6.92 Å². The van der Waals surface area contributed by atoms with Crippen LogP contribution in [0.2, 0.25) is 10.0 Å². The third-order valence-electron chi connectivity index (χ3n) is 2.78. The van der Waals surface area contributed by atoms with Crippen LogP contribution in [0.4, 0.5) is 11.4 Å². The Morgan fingerprint density at radius 3 is 2.67 bits per heavy atom. The number of hydrogen-bond acceptors (Lipinski definition) is 3. The average Bonchev–Trinajstić information content (AvgIpc) is 2.45. The molecule has 21 heavy (non-hydrogen) atoms.